The van der Waals surface area contributed by atoms with Crippen molar-refractivity contribution in [2.45, 2.75) is 6.42 Å². The van der Waals surface area contributed by atoms with Gasteiger partial charge in [0.25, 0.3) is 5.91 Å². The van der Waals surface area contributed by atoms with Gasteiger partial charge in [0.05, 0.1) is 25.5 Å². The summed E-state index contributed by atoms with van der Waals surface area (Å²) >= 11 is 1.34. The summed E-state index contributed by atoms with van der Waals surface area (Å²) in [5, 5.41) is 9.57. The van der Waals surface area contributed by atoms with Crippen molar-refractivity contribution in [2.75, 3.05) is 27.8 Å². The van der Waals surface area contributed by atoms with Gasteiger partial charge in [-0.05, 0) is 17.5 Å². The molecule has 0 fully saturated rings. The van der Waals surface area contributed by atoms with Crippen LogP contribution in [0.2, 0.25) is 0 Å². The number of amides is 1. The fraction of sp³-hybridized carbons (Fsp3) is 0.333. The Hall–Kier alpha value is -2.28. The van der Waals surface area contributed by atoms with Crippen molar-refractivity contribution in [1.82, 2.24) is 4.90 Å². The van der Waals surface area contributed by atoms with Crippen molar-refractivity contribution in [1.29, 1.82) is 0 Å². The van der Waals surface area contributed by atoms with E-state index in [1.807, 2.05) is 12.1 Å². The van der Waals surface area contributed by atoms with Gasteiger partial charge in [0.1, 0.15) is 0 Å². The van der Waals surface area contributed by atoms with Crippen LogP contribution in [0.25, 0.3) is 10.1 Å². The molecule has 6 nitrogen and oxygen atoms in total. The molecule has 1 aromatic heterocycles. The zero-order valence-corrected chi connectivity index (χ0v) is 13.4. The molecule has 0 aliphatic heterocycles. The number of hydrogen-bond acceptors (Lipinski definition) is 5. The number of thiophene rings is 1. The van der Waals surface area contributed by atoms with Gasteiger partial charge in [0, 0.05) is 24.4 Å². The van der Waals surface area contributed by atoms with Crippen LogP contribution in [-0.4, -0.2) is 49.7 Å². The van der Waals surface area contributed by atoms with Crippen LogP contribution in [0.15, 0.2) is 18.2 Å². The number of carboxylic acid groups (broad SMARTS) is 1. The summed E-state index contributed by atoms with van der Waals surface area (Å²) in [6, 6.07) is 5.42. The molecule has 0 saturated carbocycles. The van der Waals surface area contributed by atoms with Gasteiger partial charge < -0.3 is 19.5 Å². The first-order chi connectivity index (χ1) is 10.5. The summed E-state index contributed by atoms with van der Waals surface area (Å²) in [5.41, 5.74) is 0. The minimum atomic E-state index is -0.925. The number of aliphatic carboxylic acids is 1. The lowest BCUT2D eigenvalue weighted by Gasteiger charge is -2.14. The molecule has 1 N–H and O–H groups in total. The first-order valence-electron chi connectivity index (χ1n) is 6.59. The number of methoxy groups -OCH3 is 2. The van der Waals surface area contributed by atoms with E-state index in [2.05, 4.69) is 0 Å². The molecule has 0 saturated heterocycles. The zero-order valence-electron chi connectivity index (χ0n) is 12.6. The van der Waals surface area contributed by atoms with Crippen molar-refractivity contribution in [2.24, 2.45) is 0 Å². The minimum absolute atomic E-state index is 0.0746. The molecule has 0 aliphatic rings. The highest BCUT2D eigenvalue weighted by atomic mass is 32.1. The number of fused-ring (bicyclic) bond motifs is 1. The van der Waals surface area contributed by atoms with Gasteiger partial charge in [-0.3, -0.25) is 9.59 Å². The van der Waals surface area contributed by atoms with E-state index in [1.54, 1.807) is 27.3 Å². The van der Waals surface area contributed by atoms with Crippen LogP contribution in [0, 0.1) is 0 Å². The molecule has 22 heavy (non-hydrogen) atoms. The maximum absolute atomic E-state index is 12.3. The third-order valence-electron chi connectivity index (χ3n) is 3.24. The predicted octanol–water partition coefficient (Wildman–Crippen LogP) is 2.47. The van der Waals surface area contributed by atoms with E-state index in [0.717, 1.165) is 10.1 Å². The molecular weight excluding hydrogens is 306 g/mol. The van der Waals surface area contributed by atoms with Crippen molar-refractivity contribution in [3.05, 3.63) is 23.1 Å². The number of benzene rings is 1. The van der Waals surface area contributed by atoms with Crippen molar-refractivity contribution < 1.29 is 24.2 Å². The van der Waals surface area contributed by atoms with Gasteiger partial charge in [-0.25, -0.2) is 0 Å². The van der Waals surface area contributed by atoms with Gasteiger partial charge in [-0.1, -0.05) is 0 Å². The Bertz CT molecular complexity index is 668. The highest BCUT2D eigenvalue weighted by Crippen LogP contribution is 2.36. The molecule has 2 rings (SSSR count). The van der Waals surface area contributed by atoms with Crippen LogP contribution in [0.4, 0.5) is 0 Å². The van der Waals surface area contributed by atoms with E-state index >= 15 is 0 Å². The molecule has 7 heteroatoms. The van der Waals surface area contributed by atoms with E-state index in [9.17, 15) is 9.59 Å². The number of carboxylic acids is 1. The van der Waals surface area contributed by atoms with Gasteiger partial charge in [0.15, 0.2) is 11.5 Å². The van der Waals surface area contributed by atoms with Crippen LogP contribution in [0.5, 0.6) is 11.5 Å². The summed E-state index contributed by atoms with van der Waals surface area (Å²) in [6.07, 6.45) is -0.0746. The lowest BCUT2D eigenvalue weighted by molar-refractivity contribution is -0.137. The first kappa shape index (κ1) is 16.1. The van der Waals surface area contributed by atoms with Gasteiger partial charge in [-0.15, -0.1) is 11.3 Å². The predicted molar refractivity (Wildman–Crippen MR) is 84.1 cm³/mol. The molecule has 1 amide bonds. The Morgan fingerprint density at radius 1 is 1.18 bits per heavy atom. The average molecular weight is 323 g/mol. The maximum atomic E-state index is 12.3. The highest BCUT2D eigenvalue weighted by Gasteiger charge is 2.17. The number of carbonyl (C=O) groups excluding carboxylic acids is 1. The number of carbonyl (C=O) groups is 2. The van der Waals surface area contributed by atoms with Crippen LogP contribution in [0.1, 0.15) is 16.1 Å². The molecule has 1 aromatic carbocycles. The van der Waals surface area contributed by atoms with Crippen LogP contribution >= 0.6 is 11.3 Å². The summed E-state index contributed by atoms with van der Waals surface area (Å²) < 4.78 is 11.4. The Morgan fingerprint density at radius 3 is 2.41 bits per heavy atom. The van der Waals surface area contributed by atoms with Crippen LogP contribution in [-0.2, 0) is 4.79 Å². The summed E-state index contributed by atoms with van der Waals surface area (Å²) in [5.74, 6) is 0.0898. The van der Waals surface area contributed by atoms with Crippen LogP contribution in [0.3, 0.4) is 0 Å². The third kappa shape index (κ3) is 3.30. The van der Waals surface area contributed by atoms with E-state index < -0.39 is 5.97 Å². The second-order valence-corrected chi connectivity index (χ2v) is 5.81. The lowest BCUT2D eigenvalue weighted by Crippen LogP contribution is -2.28. The Labute approximate surface area is 131 Å². The fourth-order valence-corrected chi connectivity index (χ4v) is 3.09. The first-order valence-corrected chi connectivity index (χ1v) is 7.40. The lowest BCUT2D eigenvalue weighted by atomic mass is 10.2. The fourth-order valence-electron chi connectivity index (χ4n) is 2.02. The van der Waals surface area contributed by atoms with Gasteiger partial charge in [-0.2, -0.15) is 0 Å². The summed E-state index contributed by atoms with van der Waals surface area (Å²) in [4.78, 5) is 24.9. The van der Waals surface area contributed by atoms with Gasteiger partial charge in [0.2, 0.25) is 0 Å². The highest BCUT2D eigenvalue weighted by molar-refractivity contribution is 7.20. The van der Waals surface area contributed by atoms with E-state index in [4.69, 9.17) is 14.6 Å². The standard InChI is InChI=1S/C15H17NO5S/c1-16(5-4-14(17)18)15(19)13-7-9-6-10(20-2)11(21-3)8-12(9)22-13/h6-8H,4-5H2,1-3H3,(H,17,18). The van der Waals surface area contributed by atoms with E-state index in [0.29, 0.717) is 16.4 Å². The molecule has 118 valence electrons. The second-order valence-electron chi connectivity index (χ2n) is 4.73. The maximum Gasteiger partial charge on any atom is 0.305 e. The topological polar surface area (TPSA) is 76.1 Å². The smallest absolute Gasteiger partial charge is 0.305 e. The minimum Gasteiger partial charge on any atom is -0.493 e. The Balaban J connectivity index is 2.28. The van der Waals surface area contributed by atoms with E-state index in [-0.39, 0.29) is 18.9 Å². The van der Waals surface area contributed by atoms with Crippen LogP contribution < -0.4 is 9.47 Å². The van der Waals surface area contributed by atoms with Crippen molar-refractivity contribution in [3.63, 3.8) is 0 Å². The molecule has 2 aromatic rings. The molecular formula is C15H17NO5S. The molecule has 0 radical (unpaired) electrons. The average Bonchev–Trinajstić information content (AvgIpc) is 2.92. The van der Waals surface area contributed by atoms with Gasteiger partial charge >= 0.3 is 5.97 Å². The molecule has 0 bridgehead atoms. The number of rotatable bonds is 6. The Kier molecular flexibility index (Phi) is 4.87. The summed E-state index contributed by atoms with van der Waals surface area (Å²) in [7, 11) is 4.71. The largest absolute Gasteiger partial charge is 0.493 e. The number of hydrogen-bond donors (Lipinski definition) is 1. The Morgan fingerprint density at radius 2 is 1.82 bits per heavy atom. The summed E-state index contributed by atoms with van der Waals surface area (Å²) in [6.45, 7) is 0.176. The molecule has 0 atom stereocenters. The molecule has 1 heterocycles. The quantitative estimate of drug-likeness (QED) is 0.884. The monoisotopic (exact) mass is 323 g/mol. The van der Waals surface area contributed by atoms with Crippen molar-refractivity contribution >= 4 is 33.3 Å². The zero-order chi connectivity index (χ0) is 16.3. The molecule has 0 spiro atoms. The second kappa shape index (κ2) is 6.65. The normalized spacial score (nSPS) is 10.5. The van der Waals surface area contributed by atoms with E-state index in [1.165, 1.54) is 16.2 Å². The third-order valence-corrected chi connectivity index (χ3v) is 4.33. The van der Waals surface area contributed by atoms with Crippen molar-refractivity contribution in [3.8, 4) is 11.5 Å². The number of nitrogens with zero attached hydrogens (tertiary/aromatic N) is 1. The molecule has 0 unspecified atom stereocenters. The number of ether oxygens (including phenoxy) is 2. The molecule has 0 aliphatic carbocycles. The SMILES string of the molecule is COc1cc2cc(C(=O)N(C)CCC(=O)O)sc2cc1OC.